The van der Waals surface area contributed by atoms with Crippen LogP contribution in [0, 0.1) is 6.92 Å². The third-order valence-corrected chi connectivity index (χ3v) is 2.32. The first kappa shape index (κ1) is 13.2. The topological polar surface area (TPSA) is 42.4 Å². The zero-order valence-electron chi connectivity index (χ0n) is 9.90. The van der Waals surface area contributed by atoms with E-state index in [1.807, 2.05) is 0 Å². The van der Waals surface area contributed by atoms with E-state index in [2.05, 4.69) is 4.98 Å². The first-order chi connectivity index (χ1) is 8.84. The Labute approximate surface area is 107 Å². The van der Waals surface area contributed by atoms with Gasteiger partial charge >= 0.3 is 6.18 Å². The molecule has 0 saturated heterocycles. The molecule has 6 heteroatoms. The second-order valence-electron chi connectivity index (χ2n) is 3.99. The molecule has 0 unspecified atom stereocenters. The van der Waals surface area contributed by atoms with Crippen LogP contribution in [0.15, 0.2) is 36.5 Å². The molecule has 0 aliphatic rings. The van der Waals surface area contributed by atoms with Crippen molar-refractivity contribution in [3.05, 3.63) is 47.7 Å². The number of phenolic OH excluding ortho intramolecular Hbond substituents is 1. The van der Waals surface area contributed by atoms with E-state index < -0.39 is 11.7 Å². The molecule has 0 radical (unpaired) electrons. The smallest absolute Gasteiger partial charge is 0.416 e. The van der Waals surface area contributed by atoms with Gasteiger partial charge in [0.15, 0.2) is 0 Å². The van der Waals surface area contributed by atoms with Gasteiger partial charge in [-0.25, -0.2) is 4.98 Å². The van der Waals surface area contributed by atoms with Crippen LogP contribution in [0.3, 0.4) is 0 Å². The Bertz CT molecular complexity index is 576. The molecule has 1 aromatic heterocycles. The highest BCUT2D eigenvalue weighted by atomic mass is 19.4. The Hall–Kier alpha value is -2.24. The Morgan fingerprint density at radius 1 is 1.16 bits per heavy atom. The Balaban J connectivity index is 2.28. The Morgan fingerprint density at radius 2 is 1.89 bits per heavy atom. The van der Waals surface area contributed by atoms with Crippen molar-refractivity contribution < 1.29 is 23.0 Å². The van der Waals surface area contributed by atoms with Gasteiger partial charge < -0.3 is 9.84 Å². The molecular formula is C13H10F3NO2. The monoisotopic (exact) mass is 269 g/mol. The van der Waals surface area contributed by atoms with Gasteiger partial charge in [-0.15, -0.1) is 0 Å². The molecule has 0 bridgehead atoms. The number of rotatable bonds is 2. The highest BCUT2D eigenvalue weighted by Crippen LogP contribution is 2.32. The number of ether oxygens (including phenoxy) is 1. The van der Waals surface area contributed by atoms with E-state index in [0.717, 1.165) is 23.9 Å². The zero-order chi connectivity index (χ0) is 14.0. The first-order valence-corrected chi connectivity index (χ1v) is 5.36. The fourth-order valence-corrected chi connectivity index (χ4v) is 1.55. The van der Waals surface area contributed by atoms with Crippen molar-refractivity contribution in [3.8, 4) is 17.4 Å². The summed E-state index contributed by atoms with van der Waals surface area (Å²) >= 11 is 0. The number of hydrogen-bond acceptors (Lipinski definition) is 3. The van der Waals surface area contributed by atoms with Crippen LogP contribution in [0.25, 0.3) is 0 Å². The lowest BCUT2D eigenvalue weighted by Gasteiger charge is -2.09. The Kier molecular flexibility index (Phi) is 3.33. The highest BCUT2D eigenvalue weighted by molar-refractivity contribution is 5.39. The summed E-state index contributed by atoms with van der Waals surface area (Å²) in [5, 5.41) is 9.38. The first-order valence-electron chi connectivity index (χ1n) is 5.36. The van der Waals surface area contributed by atoms with Crippen LogP contribution in [-0.2, 0) is 6.18 Å². The molecular weight excluding hydrogens is 259 g/mol. The van der Waals surface area contributed by atoms with Crippen LogP contribution >= 0.6 is 0 Å². The van der Waals surface area contributed by atoms with Crippen molar-refractivity contribution in [2.24, 2.45) is 0 Å². The maximum absolute atomic E-state index is 12.5. The number of nitrogens with zero attached hydrogens (tertiary/aromatic N) is 1. The minimum Gasteiger partial charge on any atom is -0.508 e. The predicted octanol–water partition coefficient (Wildman–Crippen LogP) is 3.91. The zero-order valence-corrected chi connectivity index (χ0v) is 9.90. The van der Waals surface area contributed by atoms with Crippen molar-refractivity contribution in [1.29, 1.82) is 0 Å². The van der Waals surface area contributed by atoms with E-state index in [1.54, 1.807) is 13.0 Å². The average Bonchev–Trinajstić information content (AvgIpc) is 2.26. The number of aromatic hydroxyl groups is 1. The van der Waals surface area contributed by atoms with Crippen molar-refractivity contribution >= 4 is 0 Å². The lowest BCUT2D eigenvalue weighted by molar-refractivity contribution is -0.137. The standard InChI is InChI=1S/C13H10F3NO2/c1-8-4-10(18)7-11(5-8)19-12-6-9(2-3-17-12)13(14,15)16/h2-7,18H,1H3. The summed E-state index contributed by atoms with van der Waals surface area (Å²) in [5.41, 5.74) is -0.114. The van der Waals surface area contributed by atoms with E-state index in [0.29, 0.717) is 0 Å². The van der Waals surface area contributed by atoms with E-state index in [4.69, 9.17) is 4.74 Å². The maximum atomic E-state index is 12.5. The molecule has 0 atom stereocenters. The molecule has 1 N–H and O–H groups in total. The van der Waals surface area contributed by atoms with Crippen molar-refractivity contribution in [1.82, 2.24) is 4.98 Å². The summed E-state index contributed by atoms with van der Waals surface area (Å²) in [7, 11) is 0. The summed E-state index contributed by atoms with van der Waals surface area (Å²) in [6.45, 7) is 1.73. The third kappa shape index (κ3) is 3.37. The molecule has 1 heterocycles. The number of pyridine rings is 1. The van der Waals surface area contributed by atoms with Gasteiger partial charge in [0.05, 0.1) is 5.56 Å². The highest BCUT2D eigenvalue weighted by Gasteiger charge is 2.31. The fraction of sp³-hybridized carbons (Fsp3) is 0.154. The number of halogens is 3. The van der Waals surface area contributed by atoms with Gasteiger partial charge in [-0.2, -0.15) is 13.2 Å². The SMILES string of the molecule is Cc1cc(O)cc(Oc2cc(C(F)(F)F)ccn2)c1. The summed E-state index contributed by atoms with van der Waals surface area (Å²) in [6.07, 6.45) is -3.43. The summed E-state index contributed by atoms with van der Waals surface area (Å²) < 4.78 is 42.7. The molecule has 2 aromatic rings. The number of hydrogen-bond donors (Lipinski definition) is 1. The van der Waals surface area contributed by atoms with Gasteiger partial charge in [0.25, 0.3) is 0 Å². The lowest BCUT2D eigenvalue weighted by Crippen LogP contribution is -2.05. The van der Waals surface area contributed by atoms with E-state index in [-0.39, 0.29) is 17.4 Å². The van der Waals surface area contributed by atoms with Crippen molar-refractivity contribution in [2.75, 3.05) is 0 Å². The summed E-state index contributed by atoms with van der Waals surface area (Å²) in [4.78, 5) is 3.70. The predicted molar refractivity (Wildman–Crippen MR) is 62.2 cm³/mol. The van der Waals surface area contributed by atoms with Crippen LogP contribution in [0.2, 0.25) is 0 Å². The fourth-order valence-electron chi connectivity index (χ4n) is 1.55. The molecule has 0 aliphatic carbocycles. The lowest BCUT2D eigenvalue weighted by atomic mass is 10.2. The quantitative estimate of drug-likeness (QED) is 0.898. The van der Waals surface area contributed by atoms with Gasteiger partial charge in [-0.3, -0.25) is 0 Å². The van der Waals surface area contributed by atoms with Crippen LogP contribution in [0.1, 0.15) is 11.1 Å². The van der Waals surface area contributed by atoms with Crippen LogP contribution in [-0.4, -0.2) is 10.1 Å². The molecule has 0 spiro atoms. The minimum absolute atomic E-state index is 0.0259. The molecule has 3 nitrogen and oxygen atoms in total. The normalized spacial score (nSPS) is 11.4. The average molecular weight is 269 g/mol. The second kappa shape index (κ2) is 4.79. The molecule has 1 aromatic carbocycles. The summed E-state index contributed by atoms with van der Waals surface area (Å²) in [6, 6.07) is 6.06. The van der Waals surface area contributed by atoms with Gasteiger partial charge in [0, 0.05) is 18.3 Å². The van der Waals surface area contributed by atoms with Gasteiger partial charge in [0.1, 0.15) is 11.5 Å². The maximum Gasteiger partial charge on any atom is 0.416 e. The van der Waals surface area contributed by atoms with Crippen LogP contribution < -0.4 is 4.74 Å². The van der Waals surface area contributed by atoms with Gasteiger partial charge in [-0.1, -0.05) is 0 Å². The van der Waals surface area contributed by atoms with Crippen LogP contribution in [0.5, 0.6) is 17.4 Å². The largest absolute Gasteiger partial charge is 0.508 e. The molecule has 2 rings (SSSR count). The number of aryl methyl sites for hydroxylation is 1. The molecule has 0 amide bonds. The van der Waals surface area contributed by atoms with E-state index >= 15 is 0 Å². The number of aromatic nitrogens is 1. The Morgan fingerprint density at radius 3 is 2.53 bits per heavy atom. The summed E-state index contributed by atoms with van der Waals surface area (Å²) in [5.74, 6) is 0.0196. The van der Waals surface area contributed by atoms with E-state index in [9.17, 15) is 18.3 Å². The third-order valence-electron chi connectivity index (χ3n) is 2.32. The van der Waals surface area contributed by atoms with Crippen molar-refractivity contribution in [2.45, 2.75) is 13.1 Å². The van der Waals surface area contributed by atoms with Crippen molar-refractivity contribution in [3.63, 3.8) is 0 Å². The molecule has 0 saturated carbocycles. The van der Waals surface area contributed by atoms with Crippen LogP contribution in [0.4, 0.5) is 13.2 Å². The van der Waals surface area contributed by atoms with Gasteiger partial charge in [0.2, 0.25) is 5.88 Å². The number of benzene rings is 1. The minimum atomic E-state index is -4.45. The molecule has 100 valence electrons. The molecule has 0 aliphatic heterocycles. The van der Waals surface area contributed by atoms with E-state index in [1.165, 1.54) is 12.1 Å². The molecule has 0 fully saturated rings. The molecule has 19 heavy (non-hydrogen) atoms. The number of alkyl halides is 3. The second-order valence-corrected chi connectivity index (χ2v) is 3.99. The van der Waals surface area contributed by atoms with Gasteiger partial charge in [-0.05, 0) is 30.7 Å². The number of phenols is 1.